The van der Waals surface area contributed by atoms with Gasteiger partial charge in [-0.25, -0.2) is 18.4 Å². The van der Waals surface area contributed by atoms with Crippen LogP contribution in [0, 0.1) is 3.57 Å². The summed E-state index contributed by atoms with van der Waals surface area (Å²) in [6.45, 7) is -0.530. The number of esters is 1. The van der Waals surface area contributed by atoms with E-state index in [1.54, 1.807) is 12.1 Å². The van der Waals surface area contributed by atoms with Crippen molar-refractivity contribution in [2.24, 2.45) is 5.14 Å². The Hall–Kier alpha value is -1.69. The van der Waals surface area contributed by atoms with Crippen LogP contribution in [0.25, 0.3) is 0 Å². The van der Waals surface area contributed by atoms with Crippen LogP contribution in [0.3, 0.4) is 0 Å². The molecule has 1 amide bonds. The Kier molecular flexibility index (Phi) is 6.38. The van der Waals surface area contributed by atoms with Gasteiger partial charge in [0.15, 0.2) is 6.61 Å². The molecule has 25 heavy (non-hydrogen) atoms. The Labute approximate surface area is 162 Å². The lowest BCUT2D eigenvalue weighted by Gasteiger charge is -2.08. The van der Waals surface area contributed by atoms with Crippen molar-refractivity contribution in [2.45, 2.75) is 4.90 Å². The van der Waals surface area contributed by atoms with E-state index < -0.39 is 33.4 Å². The van der Waals surface area contributed by atoms with Crippen molar-refractivity contribution in [3.05, 3.63) is 56.6 Å². The van der Waals surface area contributed by atoms with Crippen LogP contribution in [0.15, 0.2) is 47.4 Å². The maximum Gasteiger partial charge on any atom is 0.338 e. The lowest BCUT2D eigenvalue weighted by molar-refractivity contribution is -0.119. The molecule has 0 atom stereocenters. The van der Waals surface area contributed by atoms with Gasteiger partial charge in [0.05, 0.1) is 10.6 Å². The molecule has 2 rings (SSSR count). The first-order valence-corrected chi connectivity index (χ1v) is 9.72. The summed E-state index contributed by atoms with van der Waals surface area (Å²) in [6, 6.07) is 10.5. The van der Waals surface area contributed by atoms with E-state index in [4.69, 9.17) is 21.5 Å². The first-order valence-electron chi connectivity index (χ1n) is 6.72. The smallest absolute Gasteiger partial charge is 0.338 e. The lowest BCUT2D eigenvalue weighted by Crippen LogP contribution is -2.21. The van der Waals surface area contributed by atoms with Gasteiger partial charge in [-0.05, 0) is 65.1 Å². The number of anilines is 1. The van der Waals surface area contributed by atoms with Gasteiger partial charge >= 0.3 is 5.97 Å². The number of carbonyl (C=O) groups is 2. The highest BCUT2D eigenvalue weighted by Gasteiger charge is 2.17. The highest BCUT2D eigenvalue weighted by molar-refractivity contribution is 14.1. The first-order chi connectivity index (χ1) is 11.7. The summed E-state index contributed by atoms with van der Waals surface area (Å²) in [5.41, 5.74) is 0.472. The largest absolute Gasteiger partial charge is 0.452 e. The second-order valence-electron chi connectivity index (χ2n) is 4.82. The highest BCUT2D eigenvalue weighted by atomic mass is 127. The molecule has 0 saturated carbocycles. The number of nitrogens with two attached hydrogens (primary N) is 1. The first kappa shape index (κ1) is 19.6. The number of carbonyl (C=O) groups excluding carboxylic acids is 2. The zero-order chi connectivity index (χ0) is 18.6. The van der Waals surface area contributed by atoms with Gasteiger partial charge < -0.3 is 10.1 Å². The Balaban J connectivity index is 2.00. The van der Waals surface area contributed by atoms with Crippen molar-refractivity contribution in [3.63, 3.8) is 0 Å². The maximum atomic E-state index is 12.0. The minimum absolute atomic E-state index is 0.0875. The fraction of sp³-hybridized carbons (Fsp3) is 0.0667. The second-order valence-corrected chi connectivity index (χ2v) is 8.00. The Morgan fingerprint density at radius 2 is 1.80 bits per heavy atom. The SMILES string of the molecule is NS(=O)(=O)c1cc(C(=O)OCC(=O)Nc2ccc(I)cc2)ccc1Cl. The van der Waals surface area contributed by atoms with Crippen LogP contribution in [0.5, 0.6) is 0 Å². The standard InChI is InChI=1S/C15H12ClIN2O5S/c16-12-6-1-9(7-13(12)25(18,22)23)15(21)24-8-14(20)19-11-4-2-10(17)3-5-11/h1-7H,8H2,(H,19,20)(H2,18,22,23). The van der Waals surface area contributed by atoms with Gasteiger partial charge in [0.1, 0.15) is 4.90 Å². The van der Waals surface area contributed by atoms with Crippen molar-refractivity contribution in [2.75, 3.05) is 11.9 Å². The van der Waals surface area contributed by atoms with Crippen LogP contribution in [-0.2, 0) is 19.6 Å². The van der Waals surface area contributed by atoms with Gasteiger partial charge in [-0.2, -0.15) is 0 Å². The fourth-order valence-electron chi connectivity index (χ4n) is 1.79. The summed E-state index contributed by atoms with van der Waals surface area (Å²) in [7, 11) is -4.08. The third-order valence-electron chi connectivity index (χ3n) is 2.94. The van der Waals surface area contributed by atoms with Crippen molar-refractivity contribution >= 4 is 61.8 Å². The average molecular weight is 495 g/mol. The molecule has 2 aromatic rings. The summed E-state index contributed by atoms with van der Waals surface area (Å²) in [4.78, 5) is 23.3. The van der Waals surface area contributed by atoms with Crippen molar-refractivity contribution < 1.29 is 22.7 Å². The van der Waals surface area contributed by atoms with Gasteiger partial charge in [0, 0.05) is 9.26 Å². The molecule has 0 heterocycles. The molecule has 0 saturated heterocycles. The third kappa shape index (κ3) is 5.66. The third-order valence-corrected chi connectivity index (χ3v) is 5.05. The van der Waals surface area contributed by atoms with Crippen molar-refractivity contribution in [1.29, 1.82) is 0 Å². The van der Waals surface area contributed by atoms with Gasteiger partial charge in [-0.1, -0.05) is 11.6 Å². The number of amides is 1. The van der Waals surface area contributed by atoms with Crippen LogP contribution in [0.2, 0.25) is 5.02 Å². The molecule has 0 aromatic heterocycles. The molecule has 132 valence electrons. The van der Waals surface area contributed by atoms with E-state index >= 15 is 0 Å². The van der Waals surface area contributed by atoms with Crippen LogP contribution in [-0.4, -0.2) is 26.9 Å². The molecule has 0 bridgehead atoms. The maximum absolute atomic E-state index is 12.0. The molecular formula is C15H12ClIN2O5S. The quantitative estimate of drug-likeness (QED) is 0.489. The molecule has 0 aliphatic carbocycles. The van der Waals surface area contributed by atoms with Gasteiger partial charge in [0.25, 0.3) is 5.91 Å². The minimum atomic E-state index is -4.08. The minimum Gasteiger partial charge on any atom is -0.452 e. The predicted octanol–water partition coefficient (Wildman–Crippen LogP) is 2.39. The molecule has 10 heteroatoms. The van der Waals surface area contributed by atoms with Crippen LogP contribution < -0.4 is 10.5 Å². The number of ether oxygens (including phenoxy) is 1. The summed E-state index contributed by atoms with van der Waals surface area (Å²) < 4.78 is 28.7. The topological polar surface area (TPSA) is 116 Å². The van der Waals surface area contributed by atoms with E-state index in [0.717, 1.165) is 9.64 Å². The number of halogens is 2. The van der Waals surface area contributed by atoms with E-state index in [-0.39, 0.29) is 10.6 Å². The van der Waals surface area contributed by atoms with Gasteiger partial charge in [-0.3, -0.25) is 4.79 Å². The predicted molar refractivity (Wildman–Crippen MR) is 101 cm³/mol. The normalized spacial score (nSPS) is 11.0. The molecular weight excluding hydrogens is 483 g/mol. The summed E-state index contributed by atoms with van der Waals surface area (Å²) in [6.07, 6.45) is 0. The molecule has 0 radical (unpaired) electrons. The Morgan fingerprint density at radius 1 is 1.16 bits per heavy atom. The van der Waals surface area contributed by atoms with E-state index in [1.165, 1.54) is 12.1 Å². The van der Waals surface area contributed by atoms with Crippen LogP contribution >= 0.6 is 34.2 Å². The van der Waals surface area contributed by atoms with Crippen LogP contribution in [0.4, 0.5) is 5.69 Å². The average Bonchev–Trinajstić information content (AvgIpc) is 2.54. The van der Waals surface area contributed by atoms with Crippen LogP contribution in [0.1, 0.15) is 10.4 Å². The van der Waals surface area contributed by atoms with Gasteiger partial charge in [0.2, 0.25) is 10.0 Å². The molecule has 0 spiro atoms. The lowest BCUT2D eigenvalue weighted by atomic mass is 10.2. The zero-order valence-corrected chi connectivity index (χ0v) is 16.3. The van der Waals surface area contributed by atoms with E-state index in [0.29, 0.717) is 5.69 Å². The summed E-state index contributed by atoms with van der Waals surface area (Å²) >= 11 is 7.87. The van der Waals surface area contributed by atoms with E-state index in [9.17, 15) is 18.0 Å². The summed E-state index contributed by atoms with van der Waals surface area (Å²) in [5.74, 6) is -1.41. The number of hydrogen-bond acceptors (Lipinski definition) is 5. The number of primary sulfonamides is 1. The molecule has 0 fully saturated rings. The number of rotatable bonds is 5. The summed E-state index contributed by atoms with van der Waals surface area (Å²) in [5, 5.41) is 7.47. The second kappa shape index (κ2) is 8.13. The monoisotopic (exact) mass is 494 g/mol. The molecule has 0 aliphatic rings. The Bertz CT molecular complexity index is 916. The van der Waals surface area contributed by atoms with E-state index in [1.807, 2.05) is 12.1 Å². The molecule has 3 N–H and O–H groups in total. The molecule has 7 nitrogen and oxygen atoms in total. The zero-order valence-electron chi connectivity index (χ0n) is 12.5. The number of sulfonamides is 1. The number of hydrogen-bond donors (Lipinski definition) is 2. The molecule has 2 aromatic carbocycles. The molecule has 0 unspecified atom stereocenters. The number of benzene rings is 2. The van der Waals surface area contributed by atoms with Crippen molar-refractivity contribution in [1.82, 2.24) is 0 Å². The molecule has 0 aliphatic heterocycles. The van der Waals surface area contributed by atoms with Crippen molar-refractivity contribution in [3.8, 4) is 0 Å². The fourth-order valence-corrected chi connectivity index (χ4v) is 3.22. The van der Waals surface area contributed by atoms with Gasteiger partial charge in [-0.15, -0.1) is 0 Å². The number of nitrogens with one attached hydrogen (secondary N) is 1. The van der Waals surface area contributed by atoms with E-state index in [2.05, 4.69) is 27.9 Å². The highest BCUT2D eigenvalue weighted by Crippen LogP contribution is 2.22. The Morgan fingerprint density at radius 3 is 2.40 bits per heavy atom.